The average Bonchev–Trinajstić information content (AvgIpc) is 2.87. The van der Waals surface area contributed by atoms with Crippen LogP contribution in [0.1, 0.15) is 27.9 Å². The van der Waals surface area contributed by atoms with E-state index in [4.69, 9.17) is 4.74 Å². The van der Waals surface area contributed by atoms with Gasteiger partial charge in [0.15, 0.2) is 5.78 Å². The molecule has 1 aliphatic carbocycles. The molecule has 2 heteroatoms. The van der Waals surface area contributed by atoms with Crippen molar-refractivity contribution in [2.24, 2.45) is 0 Å². The van der Waals surface area contributed by atoms with Crippen LogP contribution in [-0.4, -0.2) is 12.9 Å². The van der Waals surface area contributed by atoms with E-state index in [1.807, 2.05) is 6.07 Å². The Morgan fingerprint density at radius 1 is 1.00 bits per heavy atom. The second-order valence-corrected chi connectivity index (χ2v) is 5.72. The van der Waals surface area contributed by atoms with Gasteiger partial charge in [-0.3, -0.25) is 4.79 Å². The van der Waals surface area contributed by atoms with Crippen LogP contribution in [0.3, 0.4) is 0 Å². The van der Waals surface area contributed by atoms with E-state index in [9.17, 15) is 4.79 Å². The molecule has 2 nitrogen and oxygen atoms in total. The smallest absolute Gasteiger partial charge is 0.163 e. The van der Waals surface area contributed by atoms with Crippen molar-refractivity contribution in [1.82, 2.24) is 0 Å². The van der Waals surface area contributed by atoms with E-state index in [0.717, 1.165) is 17.7 Å². The maximum Gasteiger partial charge on any atom is 0.163 e. The van der Waals surface area contributed by atoms with Gasteiger partial charge >= 0.3 is 0 Å². The zero-order valence-corrected chi connectivity index (χ0v) is 12.2. The standard InChI is InChI=1S/C19H16O2/c1-11-9-17-15(7-8-18(17)20)16-5-3-12-10-13(21-2)4-6-14(12)19(11)16/h3-6,9-10H,7-8H2,1-2H3. The summed E-state index contributed by atoms with van der Waals surface area (Å²) in [5.41, 5.74) is 3.32. The third kappa shape index (κ3) is 1.69. The van der Waals surface area contributed by atoms with Crippen molar-refractivity contribution < 1.29 is 9.53 Å². The Bertz CT molecular complexity index is 906. The molecule has 0 radical (unpaired) electrons. The number of carbonyl (C=O) groups excluding carboxylic acids is 1. The van der Waals surface area contributed by atoms with Gasteiger partial charge in [0.2, 0.25) is 0 Å². The van der Waals surface area contributed by atoms with Gasteiger partial charge in [0.05, 0.1) is 7.11 Å². The van der Waals surface area contributed by atoms with Crippen molar-refractivity contribution in [1.29, 1.82) is 0 Å². The minimum atomic E-state index is 0.282. The molecule has 0 aliphatic heterocycles. The SMILES string of the molecule is COc1ccc2c(ccc3c4c(cc(C)c32)C(=O)CC4)c1. The highest BCUT2D eigenvalue weighted by Crippen LogP contribution is 2.37. The van der Waals surface area contributed by atoms with Crippen LogP contribution in [0.5, 0.6) is 5.75 Å². The van der Waals surface area contributed by atoms with Crippen molar-refractivity contribution in [3.8, 4) is 5.75 Å². The summed E-state index contributed by atoms with van der Waals surface area (Å²) < 4.78 is 5.31. The van der Waals surface area contributed by atoms with Gasteiger partial charge in [-0.2, -0.15) is 0 Å². The lowest BCUT2D eigenvalue weighted by Crippen LogP contribution is -1.94. The number of rotatable bonds is 1. The number of aryl methyl sites for hydroxylation is 2. The molecule has 0 spiro atoms. The maximum atomic E-state index is 12.0. The van der Waals surface area contributed by atoms with Gasteiger partial charge in [-0.25, -0.2) is 0 Å². The molecule has 0 saturated carbocycles. The van der Waals surface area contributed by atoms with Gasteiger partial charge in [0.25, 0.3) is 0 Å². The van der Waals surface area contributed by atoms with E-state index in [1.54, 1.807) is 7.11 Å². The largest absolute Gasteiger partial charge is 0.497 e. The molecule has 0 fully saturated rings. The van der Waals surface area contributed by atoms with Crippen LogP contribution in [0.15, 0.2) is 36.4 Å². The van der Waals surface area contributed by atoms with E-state index in [0.29, 0.717) is 6.42 Å². The van der Waals surface area contributed by atoms with E-state index < -0.39 is 0 Å². The summed E-state index contributed by atoms with van der Waals surface area (Å²) in [6, 6.07) is 12.5. The lowest BCUT2D eigenvalue weighted by Gasteiger charge is -2.12. The molecule has 3 aromatic rings. The minimum absolute atomic E-state index is 0.282. The molecule has 4 rings (SSSR count). The van der Waals surface area contributed by atoms with Gasteiger partial charge in [-0.15, -0.1) is 0 Å². The number of carbonyl (C=O) groups is 1. The van der Waals surface area contributed by atoms with Crippen molar-refractivity contribution in [3.05, 3.63) is 53.1 Å². The van der Waals surface area contributed by atoms with Crippen LogP contribution in [0, 0.1) is 6.92 Å². The second kappa shape index (κ2) is 4.32. The number of ketones is 1. The number of methoxy groups -OCH3 is 1. The molecule has 104 valence electrons. The van der Waals surface area contributed by atoms with Crippen molar-refractivity contribution in [2.45, 2.75) is 19.8 Å². The molecule has 0 heterocycles. The monoisotopic (exact) mass is 276 g/mol. The van der Waals surface area contributed by atoms with Crippen LogP contribution in [-0.2, 0) is 6.42 Å². The molecule has 21 heavy (non-hydrogen) atoms. The topological polar surface area (TPSA) is 26.3 Å². The molecule has 0 amide bonds. The molecule has 0 aromatic heterocycles. The second-order valence-electron chi connectivity index (χ2n) is 5.72. The van der Waals surface area contributed by atoms with E-state index >= 15 is 0 Å². The fourth-order valence-electron chi connectivity index (χ4n) is 3.52. The van der Waals surface area contributed by atoms with Crippen LogP contribution >= 0.6 is 0 Å². The van der Waals surface area contributed by atoms with Crippen LogP contribution in [0.2, 0.25) is 0 Å². The number of Topliss-reactive ketones (excluding diaryl/α,β-unsaturated/α-hetero) is 1. The van der Waals surface area contributed by atoms with E-state index in [1.165, 1.54) is 32.7 Å². The number of hydrogen-bond donors (Lipinski definition) is 0. The Labute approximate surface area is 123 Å². The predicted octanol–water partition coefficient (Wildman–Crippen LogP) is 4.44. The summed E-state index contributed by atoms with van der Waals surface area (Å²) in [6.45, 7) is 2.10. The first kappa shape index (κ1) is 12.4. The van der Waals surface area contributed by atoms with Gasteiger partial charge in [0.1, 0.15) is 5.75 Å². The van der Waals surface area contributed by atoms with Gasteiger partial charge in [-0.05, 0) is 64.2 Å². The van der Waals surface area contributed by atoms with Crippen molar-refractivity contribution in [2.75, 3.05) is 7.11 Å². The maximum absolute atomic E-state index is 12.0. The summed E-state index contributed by atoms with van der Waals surface area (Å²) in [7, 11) is 1.69. The molecule has 0 N–H and O–H groups in total. The Hall–Kier alpha value is -2.35. The lowest BCUT2D eigenvalue weighted by atomic mass is 9.92. The number of hydrogen-bond acceptors (Lipinski definition) is 2. The van der Waals surface area contributed by atoms with Crippen LogP contribution in [0.4, 0.5) is 0 Å². The molecule has 0 bridgehead atoms. The van der Waals surface area contributed by atoms with E-state index in [2.05, 4.69) is 37.3 Å². The number of benzene rings is 3. The number of ether oxygens (including phenoxy) is 1. The van der Waals surface area contributed by atoms with Gasteiger partial charge in [-0.1, -0.05) is 18.2 Å². The van der Waals surface area contributed by atoms with Gasteiger partial charge < -0.3 is 4.74 Å². The highest BCUT2D eigenvalue weighted by atomic mass is 16.5. The van der Waals surface area contributed by atoms with Crippen molar-refractivity contribution in [3.63, 3.8) is 0 Å². The summed E-state index contributed by atoms with van der Waals surface area (Å²) >= 11 is 0. The first-order valence-corrected chi connectivity index (χ1v) is 7.25. The Kier molecular flexibility index (Phi) is 2.55. The Balaban J connectivity index is 2.15. The molecule has 1 aliphatic rings. The minimum Gasteiger partial charge on any atom is -0.497 e. The highest BCUT2D eigenvalue weighted by Gasteiger charge is 2.23. The summed E-state index contributed by atoms with van der Waals surface area (Å²) in [5, 5.41) is 4.90. The first-order valence-electron chi connectivity index (χ1n) is 7.25. The quantitative estimate of drug-likeness (QED) is 0.614. The molecular weight excluding hydrogens is 260 g/mol. The van der Waals surface area contributed by atoms with E-state index in [-0.39, 0.29) is 5.78 Å². The molecule has 3 aromatic carbocycles. The zero-order valence-electron chi connectivity index (χ0n) is 12.2. The fraction of sp³-hybridized carbons (Fsp3) is 0.211. The third-order valence-electron chi connectivity index (χ3n) is 4.53. The molecule has 0 unspecified atom stereocenters. The highest BCUT2D eigenvalue weighted by molar-refractivity contribution is 6.14. The van der Waals surface area contributed by atoms with Crippen LogP contribution in [0.25, 0.3) is 21.5 Å². The predicted molar refractivity (Wildman–Crippen MR) is 85.4 cm³/mol. The van der Waals surface area contributed by atoms with Crippen molar-refractivity contribution >= 4 is 27.3 Å². The zero-order chi connectivity index (χ0) is 14.6. The Morgan fingerprint density at radius 2 is 1.81 bits per heavy atom. The Morgan fingerprint density at radius 3 is 2.62 bits per heavy atom. The number of fused-ring (bicyclic) bond motifs is 5. The van der Waals surface area contributed by atoms with Gasteiger partial charge in [0, 0.05) is 12.0 Å². The summed E-state index contributed by atoms with van der Waals surface area (Å²) in [6.07, 6.45) is 1.52. The molecule has 0 saturated heterocycles. The average molecular weight is 276 g/mol. The molecular formula is C19H16O2. The fourth-order valence-corrected chi connectivity index (χ4v) is 3.52. The molecule has 0 atom stereocenters. The first-order chi connectivity index (χ1) is 10.2. The summed E-state index contributed by atoms with van der Waals surface area (Å²) in [5.74, 6) is 1.15. The normalized spacial score (nSPS) is 13.9. The van der Waals surface area contributed by atoms with Crippen LogP contribution < -0.4 is 4.74 Å². The summed E-state index contributed by atoms with van der Waals surface area (Å²) in [4.78, 5) is 12.0. The third-order valence-corrected chi connectivity index (χ3v) is 4.53. The lowest BCUT2D eigenvalue weighted by molar-refractivity contribution is 0.0994.